The molecule has 6 heteroatoms. The maximum absolute atomic E-state index is 5.64. The minimum atomic E-state index is 0.288. The van der Waals surface area contributed by atoms with Crippen molar-refractivity contribution in [3.05, 3.63) is 42.5 Å². The summed E-state index contributed by atoms with van der Waals surface area (Å²) in [7, 11) is 0. The normalized spacial score (nSPS) is 10.8. The number of anilines is 1. The monoisotopic (exact) mass is 303 g/mol. The molecule has 0 spiro atoms. The van der Waals surface area contributed by atoms with Crippen LogP contribution in [0.1, 0.15) is 32.1 Å². The molecule has 0 aliphatic carbocycles. The summed E-state index contributed by atoms with van der Waals surface area (Å²) in [6.45, 7) is 5.65. The lowest BCUT2D eigenvalue weighted by Gasteiger charge is -2.25. The topological polar surface area (TPSA) is 60.0 Å². The summed E-state index contributed by atoms with van der Waals surface area (Å²) < 4.78 is 1.94. The summed E-state index contributed by atoms with van der Waals surface area (Å²) in [5, 5.41) is 4.29. The van der Waals surface area contributed by atoms with Crippen LogP contribution in [0.15, 0.2) is 36.7 Å². The van der Waals surface area contributed by atoms with Crippen LogP contribution >= 0.6 is 12.2 Å². The smallest absolute Gasteiger partial charge is 0.146 e. The third-order valence-electron chi connectivity index (χ3n) is 3.22. The molecule has 1 aromatic heterocycles. The van der Waals surface area contributed by atoms with E-state index in [9.17, 15) is 0 Å². The molecule has 0 saturated heterocycles. The van der Waals surface area contributed by atoms with E-state index in [-0.39, 0.29) is 6.04 Å². The Bertz CT molecular complexity index is 579. The molecule has 0 fully saturated rings. The van der Waals surface area contributed by atoms with E-state index in [1.54, 1.807) is 6.33 Å². The number of hydrogen-bond donors (Lipinski definition) is 1. The van der Waals surface area contributed by atoms with Crippen molar-refractivity contribution in [2.24, 2.45) is 5.73 Å². The molecule has 112 valence electrons. The zero-order valence-corrected chi connectivity index (χ0v) is 13.3. The SMILES string of the molecule is CC(C)n1ncnc1CN(CCC(N)=S)c1ccccc1. The second-order valence-electron chi connectivity index (χ2n) is 5.19. The Morgan fingerprint density at radius 2 is 2.05 bits per heavy atom. The van der Waals surface area contributed by atoms with Gasteiger partial charge in [0.05, 0.1) is 11.5 Å². The van der Waals surface area contributed by atoms with Crippen molar-refractivity contribution in [3.8, 4) is 0 Å². The molecule has 2 aromatic rings. The van der Waals surface area contributed by atoms with Gasteiger partial charge in [-0.25, -0.2) is 9.67 Å². The summed E-state index contributed by atoms with van der Waals surface area (Å²) in [5.41, 5.74) is 6.77. The molecule has 2 N–H and O–H groups in total. The first-order valence-corrected chi connectivity index (χ1v) is 7.45. The van der Waals surface area contributed by atoms with Crippen LogP contribution in [0, 0.1) is 0 Å². The highest BCUT2D eigenvalue weighted by atomic mass is 32.1. The van der Waals surface area contributed by atoms with Crippen molar-refractivity contribution >= 4 is 22.9 Å². The molecule has 0 bridgehead atoms. The van der Waals surface area contributed by atoms with Gasteiger partial charge in [-0.15, -0.1) is 0 Å². The third kappa shape index (κ3) is 4.26. The van der Waals surface area contributed by atoms with Gasteiger partial charge in [-0.2, -0.15) is 5.10 Å². The van der Waals surface area contributed by atoms with Crippen LogP contribution in [0.25, 0.3) is 0 Å². The first-order chi connectivity index (χ1) is 10.1. The summed E-state index contributed by atoms with van der Waals surface area (Å²) in [6.07, 6.45) is 2.28. The molecule has 0 atom stereocenters. The highest BCUT2D eigenvalue weighted by Gasteiger charge is 2.13. The summed E-state index contributed by atoms with van der Waals surface area (Å²) in [5.74, 6) is 0.941. The molecule has 0 unspecified atom stereocenters. The molecule has 5 nitrogen and oxygen atoms in total. The van der Waals surface area contributed by atoms with E-state index in [1.165, 1.54) is 0 Å². The molecule has 1 heterocycles. The van der Waals surface area contributed by atoms with E-state index in [4.69, 9.17) is 18.0 Å². The quantitative estimate of drug-likeness (QED) is 0.797. The Hall–Kier alpha value is -1.95. The van der Waals surface area contributed by atoms with E-state index in [2.05, 4.69) is 41.0 Å². The molecule has 21 heavy (non-hydrogen) atoms. The van der Waals surface area contributed by atoms with Crippen molar-refractivity contribution in [2.75, 3.05) is 11.4 Å². The lowest BCUT2D eigenvalue weighted by Crippen LogP contribution is -2.29. The number of rotatable bonds is 7. The first-order valence-electron chi connectivity index (χ1n) is 7.04. The summed E-state index contributed by atoms with van der Waals surface area (Å²) in [4.78, 5) is 7.13. The highest BCUT2D eigenvalue weighted by molar-refractivity contribution is 7.80. The lowest BCUT2D eigenvalue weighted by atomic mass is 10.2. The van der Waals surface area contributed by atoms with Gasteiger partial charge in [0.25, 0.3) is 0 Å². The number of para-hydroxylation sites is 1. The number of nitrogens with two attached hydrogens (primary N) is 1. The molecule has 0 radical (unpaired) electrons. The fourth-order valence-corrected chi connectivity index (χ4v) is 2.26. The maximum Gasteiger partial charge on any atom is 0.146 e. The number of thiocarbonyl (C=S) groups is 1. The van der Waals surface area contributed by atoms with Gasteiger partial charge in [0.15, 0.2) is 0 Å². The van der Waals surface area contributed by atoms with Gasteiger partial charge < -0.3 is 10.6 Å². The second-order valence-corrected chi connectivity index (χ2v) is 5.71. The van der Waals surface area contributed by atoms with Crippen molar-refractivity contribution in [3.63, 3.8) is 0 Å². The van der Waals surface area contributed by atoms with Crippen LogP contribution in [-0.4, -0.2) is 26.3 Å². The average Bonchev–Trinajstić information content (AvgIpc) is 2.92. The highest BCUT2D eigenvalue weighted by Crippen LogP contribution is 2.17. The van der Waals surface area contributed by atoms with Gasteiger partial charge in [0.2, 0.25) is 0 Å². The van der Waals surface area contributed by atoms with Crippen molar-refractivity contribution in [1.29, 1.82) is 0 Å². The van der Waals surface area contributed by atoms with Crippen LogP contribution in [0.5, 0.6) is 0 Å². The predicted molar refractivity (Wildman–Crippen MR) is 89.3 cm³/mol. The van der Waals surface area contributed by atoms with Gasteiger partial charge in [0, 0.05) is 24.7 Å². The standard InChI is InChI=1S/C15H21N5S/c1-12(2)20-15(17-11-18-20)10-19(9-8-14(16)21)13-6-4-3-5-7-13/h3-7,11-12H,8-10H2,1-2H3,(H2,16,21). The molecular formula is C15H21N5S. The average molecular weight is 303 g/mol. The molecule has 2 rings (SSSR count). The Kier molecular flexibility index (Phi) is 5.27. The fourth-order valence-electron chi connectivity index (χ4n) is 2.17. The molecule has 0 saturated carbocycles. The Labute approximate surface area is 130 Å². The third-order valence-corrected chi connectivity index (χ3v) is 3.42. The number of aromatic nitrogens is 3. The Balaban J connectivity index is 2.19. The number of nitrogens with zero attached hydrogens (tertiary/aromatic N) is 4. The summed E-state index contributed by atoms with van der Waals surface area (Å²) >= 11 is 5.00. The molecule has 0 aliphatic heterocycles. The van der Waals surface area contributed by atoms with Gasteiger partial charge >= 0.3 is 0 Å². The van der Waals surface area contributed by atoms with Crippen LogP contribution in [0.4, 0.5) is 5.69 Å². The lowest BCUT2D eigenvalue weighted by molar-refractivity contribution is 0.501. The van der Waals surface area contributed by atoms with Crippen LogP contribution < -0.4 is 10.6 Å². The molecule has 0 amide bonds. The van der Waals surface area contributed by atoms with Crippen molar-refractivity contribution in [2.45, 2.75) is 32.9 Å². The Morgan fingerprint density at radius 1 is 1.33 bits per heavy atom. The minimum absolute atomic E-state index is 0.288. The fraction of sp³-hybridized carbons (Fsp3) is 0.400. The van der Waals surface area contributed by atoms with E-state index in [0.717, 1.165) is 18.1 Å². The van der Waals surface area contributed by atoms with Crippen LogP contribution in [0.2, 0.25) is 0 Å². The van der Waals surface area contributed by atoms with Crippen molar-refractivity contribution in [1.82, 2.24) is 14.8 Å². The Morgan fingerprint density at radius 3 is 2.67 bits per heavy atom. The van der Waals surface area contributed by atoms with Crippen molar-refractivity contribution < 1.29 is 0 Å². The van der Waals surface area contributed by atoms with Crippen LogP contribution in [0.3, 0.4) is 0 Å². The molecule has 0 aliphatic rings. The zero-order valence-electron chi connectivity index (χ0n) is 12.4. The number of hydrogen-bond acceptors (Lipinski definition) is 4. The zero-order chi connectivity index (χ0) is 15.2. The van der Waals surface area contributed by atoms with Gasteiger partial charge in [-0.1, -0.05) is 30.4 Å². The van der Waals surface area contributed by atoms with Crippen LogP contribution in [-0.2, 0) is 6.54 Å². The minimum Gasteiger partial charge on any atom is -0.393 e. The first kappa shape index (κ1) is 15.4. The van der Waals surface area contributed by atoms with Gasteiger partial charge in [0.1, 0.15) is 12.2 Å². The largest absolute Gasteiger partial charge is 0.393 e. The van der Waals surface area contributed by atoms with E-state index in [1.807, 2.05) is 22.9 Å². The molecule has 1 aromatic carbocycles. The van der Waals surface area contributed by atoms with E-state index in [0.29, 0.717) is 18.0 Å². The predicted octanol–water partition coefficient (Wildman–Crippen LogP) is 2.54. The molecular weight excluding hydrogens is 282 g/mol. The van der Waals surface area contributed by atoms with Gasteiger partial charge in [-0.3, -0.25) is 0 Å². The van der Waals surface area contributed by atoms with E-state index < -0.39 is 0 Å². The second kappa shape index (κ2) is 7.17. The van der Waals surface area contributed by atoms with Gasteiger partial charge in [-0.05, 0) is 26.0 Å². The number of benzene rings is 1. The van der Waals surface area contributed by atoms with E-state index >= 15 is 0 Å². The summed E-state index contributed by atoms with van der Waals surface area (Å²) in [6, 6.07) is 10.5. The maximum atomic E-state index is 5.64.